The Morgan fingerprint density at radius 3 is 2.40 bits per heavy atom. The molecule has 0 spiro atoms. The van der Waals surface area contributed by atoms with Crippen molar-refractivity contribution in [1.82, 2.24) is 9.88 Å². The van der Waals surface area contributed by atoms with Crippen LogP contribution in [-0.2, 0) is 13.1 Å². The number of carbonyl (C=O) groups is 2. The third kappa shape index (κ3) is 1.88. The van der Waals surface area contributed by atoms with Gasteiger partial charge < -0.3 is 5.73 Å². The zero-order valence-corrected chi connectivity index (χ0v) is 10.7. The van der Waals surface area contributed by atoms with Gasteiger partial charge in [0.05, 0.1) is 17.7 Å². The van der Waals surface area contributed by atoms with E-state index in [0.717, 1.165) is 11.1 Å². The van der Waals surface area contributed by atoms with Crippen molar-refractivity contribution >= 4 is 11.8 Å². The van der Waals surface area contributed by atoms with Crippen LogP contribution in [0.25, 0.3) is 0 Å². The summed E-state index contributed by atoms with van der Waals surface area (Å²) >= 11 is 0. The number of hydrogen-bond acceptors (Lipinski definition) is 4. The molecule has 2 N–H and O–H groups in total. The first-order valence-electron chi connectivity index (χ1n) is 6.29. The van der Waals surface area contributed by atoms with Crippen molar-refractivity contribution in [2.45, 2.75) is 13.1 Å². The molecule has 100 valence electrons. The van der Waals surface area contributed by atoms with Crippen molar-refractivity contribution in [2.24, 2.45) is 5.73 Å². The molecule has 0 unspecified atom stereocenters. The maximum atomic E-state index is 12.3. The van der Waals surface area contributed by atoms with E-state index in [0.29, 0.717) is 17.7 Å². The molecule has 1 aromatic carbocycles. The highest BCUT2D eigenvalue weighted by molar-refractivity contribution is 6.21. The smallest absolute Gasteiger partial charge is 0.263 e. The molecule has 5 heteroatoms. The molecule has 5 nitrogen and oxygen atoms in total. The van der Waals surface area contributed by atoms with Crippen LogP contribution in [0.4, 0.5) is 0 Å². The summed E-state index contributed by atoms with van der Waals surface area (Å²) in [6, 6.07) is 9.11. The van der Waals surface area contributed by atoms with E-state index in [4.69, 9.17) is 5.73 Å². The molecule has 2 heterocycles. The Morgan fingerprint density at radius 1 is 1.00 bits per heavy atom. The number of imide groups is 1. The number of carbonyl (C=O) groups excluding carboxylic acids is 2. The molecule has 2 amide bonds. The molecule has 1 aromatic heterocycles. The summed E-state index contributed by atoms with van der Waals surface area (Å²) < 4.78 is 0. The summed E-state index contributed by atoms with van der Waals surface area (Å²) in [7, 11) is 0. The number of nitrogens with two attached hydrogens (primary N) is 1. The van der Waals surface area contributed by atoms with Crippen molar-refractivity contribution in [1.29, 1.82) is 0 Å². The van der Waals surface area contributed by atoms with Gasteiger partial charge in [-0.1, -0.05) is 24.3 Å². The molecule has 0 radical (unpaired) electrons. The molecule has 2 aromatic rings. The molecular weight excluding hydrogens is 254 g/mol. The number of pyridine rings is 1. The van der Waals surface area contributed by atoms with Gasteiger partial charge in [0.15, 0.2) is 0 Å². The number of fused-ring (bicyclic) bond motifs is 1. The minimum Gasteiger partial charge on any atom is -0.326 e. The van der Waals surface area contributed by atoms with Crippen molar-refractivity contribution in [3.8, 4) is 0 Å². The number of benzene rings is 1. The van der Waals surface area contributed by atoms with E-state index in [1.165, 1.54) is 17.3 Å². The molecule has 3 rings (SSSR count). The number of nitrogens with zero attached hydrogens (tertiary/aromatic N) is 2. The van der Waals surface area contributed by atoms with E-state index in [1.807, 2.05) is 24.3 Å². The zero-order chi connectivity index (χ0) is 14.1. The fraction of sp³-hybridized carbons (Fsp3) is 0.133. The van der Waals surface area contributed by atoms with Crippen LogP contribution in [0.5, 0.6) is 0 Å². The topological polar surface area (TPSA) is 76.3 Å². The van der Waals surface area contributed by atoms with Crippen LogP contribution < -0.4 is 5.73 Å². The first kappa shape index (κ1) is 12.5. The fourth-order valence-corrected chi connectivity index (χ4v) is 2.36. The van der Waals surface area contributed by atoms with E-state index in [2.05, 4.69) is 4.98 Å². The summed E-state index contributed by atoms with van der Waals surface area (Å²) in [6.45, 7) is 0.612. The molecule has 0 atom stereocenters. The molecule has 20 heavy (non-hydrogen) atoms. The molecule has 0 saturated heterocycles. The first-order valence-corrected chi connectivity index (χ1v) is 6.29. The maximum Gasteiger partial charge on any atom is 0.263 e. The van der Waals surface area contributed by atoms with Crippen LogP contribution in [-0.4, -0.2) is 21.7 Å². The minimum absolute atomic E-state index is 0.236. The lowest BCUT2D eigenvalue weighted by atomic mass is 10.1. The second-order valence-electron chi connectivity index (χ2n) is 4.59. The van der Waals surface area contributed by atoms with E-state index >= 15 is 0 Å². The van der Waals surface area contributed by atoms with Crippen molar-refractivity contribution in [2.75, 3.05) is 0 Å². The highest BCUT2D eigenvalue weighted by atomic mass is 16.2. The predicted molar refractivity (Wildman–Crippen MR) is 72.8 cm³/mol. The van der Waals surface area contributed by atoms with Gasteiger partial charge >= 0.3 is 0 Å². The molecule has 0 aliphatic carbocycles. The van der Waals surface area contributed by atoms with Gasteiger partial charge in [-0.05, 0) is 17.2 Å². The molecule has 1 aliphatic heterocycles. The monoisotopic (exact) mass is 267 g/mol. The lowest BCUT2D eigenvalue weighted by Crippen LogP contribution is -2.29. The molecule has 0 fully saturated rings. The van der Waals surface area contributed by atoms with Crippen LogP contribution in [0.2, 0.25) is 0 Å². The highest BCUT2D eigenvalue weighted by Gasteiger charge is 2.35. The van der Waals surface area contributed by atoms with Crippen LogP contribution in [0, 0.1) is 0 Å². The van der Waals surface area contributed by atoms with E-state index < -0.39 is 0 Å². The average Bonchev–Trinajstić information content (AvgIpc) is 2.73. The zero-order valence-electron chi connectivity index (χ0n) is 10.7. The van der Waals surface area contributed by atoms with Gasteiger partial charge in [-0.2, -0.15) is 0 Å². The highest BCUT2D eigenvalue weighted by Crippen LogP contribution is 2.24. The van der Waals surface area contributed by atoms with Crippen molar-refractivity contribution in [3.63, 3.8) is 0 Å². The van der Waals surface area contributed by atoms with Gasteiger partial charge in [-0.3, -0.25) is 19.5 Å². The van der Waals surface area contributed by atoms with E-state index in [9.17, 15) is 9.59 Å². The average molecular weight is 267 g/mol. The second kappa shape index (κ2) is 4.86. The SMILES string of the molecule is NCc1ccccc1CN1C(=O)c2ccncc2C1=O. The number of hydrogen-bond donors (Lipinski definition) is 1. The van der Waals surface area contributed by atoms with Crippen LogP contribution in [0.15, 0.2) is 42.7 Å². The second-order valence-corrected chi connectivity index (χ2v) is 4.59. The Balaban J connectivity index is 1.94. The molecule has 0 saturated carbocycles. The van der Waals surface area contributed by atoms with Crippen molar-refractivity contribution < 1.29 is 9.59 Å². The lowest BCUT2D eigenvalue weighted by molar-refractivity contribution is 0.0642. The fourth-order valence-electron chi connectivity index (χ4n) is 2.36. The summed E-state index contributed by atoms with van der Waals surface area (Å²) in [5.74, 6) is -0.579. The third-order valence-electron chi connectivity index (χ3n) is 3.44. The lowest BCUT2D eigenvalue weighted by Gasteiger charge is -2.16. The van der Waals surface area contributed by atoms with Crippen LogP contribution in [0.3, 0.4) is 0 Å². The standard InChI is InChI=1S/C15H13N3O2/c16-7-10-3-1-2-4-11(10)9-18-14(19)12-5-6-17-8-13(12)15(18)20/h1-6,8H,7,9,16H2. The number of amides is 2. The Kier molecular flexibility index (Phi) is 3.04. The molecule has 0 bridgehead atoms. The Morgan fingerprint density at radius 2 is 1.70 bits per heavy atom. The number of aromatic nitrogens is 1. The predicted octanol–water partition coefficient (Wildman–Crippen LogP) is 1.34. The van der Waals surface area contributed by atoms with Crippen LogP contribution in [0.1, 0.15) is 31.8 Å². The first-order chi connectivity index (χ1) is 9.72. The summed E-state index contributed by atoms with van der Waals surface area (Å²) in [6.07, 6.45) is 2.95. The quantitative estimate of drug-likeness (QED) is 0.851. The van der Waals surface area contributed by atoms with Gasteiger partial charge in [0.25, 0.3) is 11.8 Å². The Labute approximate surface area is 116 Å². The maximum absolute atomic E-state index is 12.3. The van der Waals surface area contributed by atoms with Gasteiger partial charge in [0.2, 0.25) is 0 Å². The number of rotatable bonds is 3. The van der Waals surface area contributed by atoms with Gasteiger partial charge in [-0.25, -0.2) is 0 Å². The largest absolute Gasteiger partial charge is 0.326 e. The molecule has 1 aliphatic rings. The molecular formula is C15H13N3O2. The van der Waals surface area contributed by atoms with Crippen molar-refractivity contribution in [3.05, 3.63) is 65.0 Å². The van der Waals surface area contributed by atoms with E-state index in [-0.39, 0.29) is 18.4 Å². The van der Waals surface area contributed by atoms with Gasteiger partial charge in [0.1, 0.15) is 0 Å². The van der Waals surface area contributed by atoms with Gasteiger partial charge in [-0.15, -0.1) is 0 Å². The minimum atomic E-state index is -0.301. The summed E-state index contributed by atoms with van der Waals surface area (Å²) in [4.78, 5) is 29.6. The summed E-state index contributed by atoms with van der Waals surface area (Å²) in [5.41, 5.74) is 8.27. The normalized spacial score (nSPS) is 13.8. The summed E-state index contributed by atoms with van der Waals surface area (Å²) in [5, 5.41) is 0. The van der Waals surface area contributed by atoms with E-state index in [1.54, 1.807) is 6.07 Å². The van der Waals surface area contributed by atoms with Gasteiger partial charge in [0, 0.05) is 18.9 Å². The van der Waals surface area contributed by atoms with Crippen LogP contribution >= 0.6 is 0 Å². The Hall–Kier alpha value is -2.53. The Bertz CT molecular complexity index is 662. The third-order valence-corrected chi connectivity index (χ3v) is 3.44.